The summed E-state index contributed by atoms with van der Waals surface area (Å²) in [6.45, 7) is 3.52. The van der Waals surface area contributed by atoms with Gasteiger partial charge in [-0.2, -0.15) is 0 Å². The van der Waals surface area contributed by atoms with Crippen LogP contribution in [0.15, 0.2) is 36.9 Å². The Labute approximate surface area is 125 Å². The predicted molar refractivity (Wildman–Crippen MR) is 82.6 cm³/mol. The second-order valence-corrected chi connectivity index (χ2v) is 6.27. The summed E-state index contributed by atoms with van der Waals surface area (Å²) in [7, 11) is 0. The lowest BCUT2D eigenvalue weighted by Crippen LogP contribution is -2.31. The van der Waals surface area contributed by atoms with E-state index in [1.165, 1.54) is 31.5 Å². The lowest BCUT2D eigenvalue weighted by atomic mass is 10.2. The smallest absolute Gasteiger partial charge is 0.123 e. The van der Waals surface area contributed by atoms with E-state index in [4.69, 9.17) is 0 Å². The van der Waals surface area contributed by atoms with Gasteiger partial charge in [-0.3, -0.25) is 9.47 Å². The number of hydrogen-bond acceptors (Lipinski definition) is 4. The SMILES string of the molecule is C[C@@H]1C[C@H](Nc2cccc(-n3cnnc3)c2)CN1C1CC1. The fraction of sp³-hybridized carbons (Fsp3) is 0.500. The van der Waals surface area contributed by atoms with Gasteiger partial charge in [0.05, 0.1) is 5.69 Å². The second-order valence-electron chi connectivity index (χ2n) is 6.27. The molecular formula is C16H21N5. The number of hydrogen-bond donors (Lipinski definition) is 1. The average Bonchev–Trinajstić information content (AvgIpc) is 3.04. The molecule has 1 N–H and O–H groups in total. The van der Waals surface area contributed by atoms with Gasteiger partial charge in [-0.15, -0.1) is 10.2 Å². The van der Waals surface area contributed by atoms with E-state index in [1.807, 2.05) is 4.57 Å². The van der Waals surface area contributed by atoms with E-state index in [1.54, 1.807) is 12.7 Å². The number of benzene rings is 1. The predicted octanol–water partition coefficient (Wildman–Crippen LogP) is 2.30. The van der Waals surface area contributed by atoms with Gasteiger partial charge in [0.25, 0.3) is 0 Å². The topological polar surface area (TPSA) is 46.0 Å². The Balaban J connectivity index is 1.46. The van der Waals surface area contributed by atoms with E-state index < -0.39 is 0 Å². The Morgan fingerprint density at radius 3 is 2.76 bits per heavy atom. The van der Waals surface area contributed by atoms with Crippen molar-refractivity contribution >= 4 is 5.69 Å². The van der Waals surface area contributed by atoms with Gasteiger partial charge in [-0.05, 0) is 44.4 Å². The monoisotopic (exact) mass is 283 g/mol. The molecule has 5 heteroatoms. The molecule has 1 aliphatic carbocycles. The number of nitrogens with zero attached hydrogens (tertiary/aromatic N) is 4. The highest BCUT2D eigenvalue weighted by molar-refractivity contribution is 5.51. The van der Waals surface area contributed by atoms with Crippen molar-refractivity contribution in [3.8, 4) is 5.69 Å². The van der Waals surface area contributed by atoms with Crippen LogP contribution < -0.4 is 5.32 Å². The van der Waals surface area contributed by atoms with E-state index in [0.717, 1.165) is 11.7 Å². The Bertz CT molecular complexity index is 605. The highest BCUT2D eigenvalue weighted by Crippen LogP contribution is 2.34. The fourth-order valence-electron chi connectivity index (χ4n) is 3.40. The third-order valence-electron chi connectivity index (χ3n) is 4.57. The minimum atomic E-state index is 0.553. The minimum absolute atomic E-state index is 0.553. The first kappa shape index (κ1) is 12.8. The maximum Gasteiger partial charge on any atom is 0.123 e. The molecule has 21 heavy (non-hydrogen) atoms. The van der Waals surface area contributed by atoms with Gasteiger partial charge in [0.1, 0.15) is 12.7 Å². The first-order chi connectivity index (χ1) is 10.3. The quantitative estimate of drug-likeness (QED) is 0.935. The largest absolute Gasteiger partial charge is 0.381 e. The van der Waals surface area contributed by atoms with Crippen LogP contribution in [0.5, 0.6) is 0 Å². The normalized spacial score (nSPS) is 26.1. The molecule has 2 heterocycles. The van der Waals surface area contributed by atoms with Gasteiger partial charge in [-0.25, -0.2) is 0 Å². The van der Waals surface area contributed by atoms with Gasteiger partial charge in [-0.1, -0.05) is 6.07 Å². The molecule has 1 aromatic heterocycles. The summed E-state index contributed by atoms with van der Waals surface area (Å²) in [6.07, 6.45) is 7.46. The molecule has 110 valence electrons. The molecule has 1 saturated heterocycles. The van der Waals surface area contributed by atoms with Crippen LogP contribution in [0.4, 0.5) is 5.69 Å². The standard InChI is InChI=1S/C16H21N5/c1-12-7-14(9-21(12)15-5-6-15)19-13-3-2-4-16(8-13)20-10-17-18-11-20/h2-4,8,10-12,14-15,19H,5-7,9H2,1H3/t12-,14+/m1/s1. The summed E-state index contributed by atoms with van der Waals surface area (Å²) >= 11 is 0. The van der Waals surface area contributed by atoms with Crippen molar-refractivity contribution in [2.75, 3.05) is 11.9 Å². The summed E-state index contributed by atoms with van der Waals surface area (Å²) in [5.41, 5.74) is 2.27. The number of nitrogens with one attached hydrogen (secondary N) is 1. The lowest BCUT2D eigenvalue weighted by Gasteiger charge is -2.20. The molecule has 0 amide bonds. The highest BCUT2D eigenvalue weighted by atomic mass is 15.3. The zero-order chi connectivity index (χ0) is 14.2. The van der Waals surface area contributed by atoms with Gasteiger partial charge in [0.15, 0.2) is 0 Å². The van der Waals surface area contributed by atoms with Crippen molar-refractivity contribution in [3.05, 3.63) is 36.9 Å². The van der Waals surface area contributed by atoms with Crippen molar-refractivity contribution in [2.24, 2.45) is 0 Å². The number of rotatable bonds is 4. The zero-order valence-corrected chi connectivity index (χ0v) is 12.3. The number of likely N-dealkylation sites (tertiary alicyclic amines) is 1. The van der Waals surface area contributed by atoms with E-state index >= 15 is 0 Å². The first-order valence-electron chi connectivity index (χ1n) is 7.77. The third kappa shape index (κ3) is 2.65. The molecule has 1 saturated carbocycles. The molecule has 4 rings (SSSR count). The molecule has 0 unspecified atom stereocenters. The summed E-state index contributed by atoms with van der Waals surface area (Å²) in [5, 5.41) is 11.4. The van der Waals surface area contributed by atoms with E-state index in [2.05, 4.69) is 51.6 Å². The molecule has 2 aliphatic rings. The molecule has 5 nitrogen and oxygen atoms in total. The maximum absolute atomic E-state index is 3.86. The molecule has 1 aromatic carbocycles. The fourth-order valence-corrected chi connectivity index (χ4v) is 3.40. The Morgan fingerprint density at radius 2 is 2.00 bits per heavy atom. The maximum atomic E-state index is 3.86. The van der Waals surface area contributed by atoms with Gasteiger partial charge >= 0.3 is 0 Å². The van der Waals surface area contributed by atoms with Crippen LogP contribution >= 0.6 is 0 Å². The average molecular weight is 283 g/mol. The van der Waals surface area contributed by atoms with Crippen molar-refractivity contribution in [1.82, 2.24) is 19.7 Å². The van der Waals surface area contributed by atoms with Crippen molar-refractivity contribution in [3.63, 3.8) is 0 Å². The number of aromatic nitrogens is 3. The Kier molecular flexibility index (Phi) is 3.15. The molecule has 0 bridgehead atoms. The van der Waals surface area contributed by atoms with Gasteiger partial charge < -0.3 is 5.32 Å². The van der Waals surface area contributed by atoms with Crippen LogP contribution in [0.1, 0.15) is 26.2 Å². The van der Waals surface area contributed by atoms with Crippen LogP contribution in [-0.4, -0.2) is 44.3 Å². The van der Waals surface area contributed by atoms with Crippen LogP contribution in [0.2, 0.25) is 0 Å². The van der Waals surface area contributed by atoms with Crippen molar-refractivity contribution in [1.29, 1.82) is 0 Å². The van der Waals surface area contributed by atoms with Gasteiger partial charge in [0.2, 0.25) is 0 Å². The minimum Gasteiger partial charge on any atom is -0.381 e. The molecule has 0 spiro atoms. The van der Waals surface area contributed by atoms with E-state index in [0.29, 0.717) is 12.1 Å². The summed E-state index contributed by atoms with van der Waals surface area (Å²) in [4.78, 5) is 2.67. The Morgan fingerprint density at radius 1 is 1.19 bits per heavy atom. The van der Waals surface area contributed by atoms with Crippen LogP contribution in [-0.2, 0) is 0 Å². The van der Waals surface area contributed by atoms with Gasteiger partial charge in [0, 0.05) is 30.4 Å². The zero-order valence-electron chi connectivity index (χ0n) is 12.3. The number of anilines is 1. The van der Waals surface area contributed by atoms with Crippen LogP contribution in [0.25, 0.3) is 5.69 Å². The van der Waals surface area contributed by atoms with E-state index in [-0.39, 0.29) is 0 Å². The van der Waals surface area contributed by atoms with E-state index in [9.17, 15) is 0 Å². The first-order valence-corrected chi connectivity index (χ1v) is 7.77. The molecule has 1 aliphatic heterocycles. The van der Waals surface area contributed by atoms with Crippen molar-refractivity contribution < 1.29 is 0 Å². The third-order valence-corrected chi connectivity index (χ3v) is 4.57. The second kappa shape index (κ2) is 5.15. The Hall–Kier alpha value is -1.88. The molecular weight excluding hydrogens is 262 g/mol. The molecule has 2 fully saturated rings. The molecule has 2 aromatic rings. The lowest BCUT2D eigenvalue weighted by molar-refractivity contribution is 0.257. The molecule has 0 radical (unpaired) electrons. The summed E-state index contributed by atoms with van der Waals surface area (Å²) in [6, 6.07) is 10.6. The van der Waals surface area contributed by atoms with Crippen molar-refractivity contribution in [2.45, 2.75) is 44.3 Å². The summed E-state index contributed by atoms with van der Waals surface area (Å²) < 4.78 is 1.93. The van der Waals surface area contributed by atoms with Crippen LogP contribution in [0.3, 0.4) is 0 Å². The summed E-state index contributed by atoms with van der Waals surface area (Å²) in [5.74, 6) is 0. The molecule has 2 atom stereocenters. The van der Waals surface area contributed by atoms with Crippen LogP contribution in [0, 0.1) is 0 Å². The highest BCUT2D eigenvalue weighted by Gasteiger charge is 2.38.